The molecule has 142 valence electrons. The van der Waals surface area contributed by atoms with Crippen LogP contribution in [0.5, 0.6) is 0 Å². The van der Waals surface area contributed by atoms with Gasteiger partial charge in [0.05, 0.1) is 11.9 Å². The highest BCUT2D eigenvalue weighted by molar-refractivity contribution is 5.93. The molecule has 27 heavy (non-hydrogen) atoms. The standard InChI is InChI=1S/C17H17F3N6O/c18-17(19,20)9-22-16(27)13-5-12(24-25-13)11-3-4-15-23-14(8-26(15)7-11)21-6-10-1-2-10/h3-5,7-8,10,21H,1-2,6,9H2,(H,22,27)(H,24,25). The third-order valence-corrected chi connectivity index (χ3v) is 4.29. The number of nitrogens with zero attached hydrogens (tertiary/aromatic N) is 3. The Balaban J connectivity index is 1.48. The van der Waals surface area contributed by atoms with Crippen LogP contribution >= 0.6 is 0 Å². The molecule has 0 radical (unpaired) electrons. The van der Waals surface area contributed by atoms with Gasteiger partial charge in [-0.1, -0.05) is 0 Å². The predicted octanol–water partition coefficient (Wildman–Crippen LogP) is 2.84. The van der Waals surface area contributed by atoms with E-state index in [-0.39, 0.29) is 5.69 Å². The number of halogens is 3. The fraction of sp³-hybridized carbons (Fsp3) is 0.353. The summed E-state index contributed by atoms with van der Waals surface area (Å²) >= 11 is 0. The summed E-state index contributed by atoms with van der Waals surface area (Å²) in [6.07, 6.45) is 1.71. The molecule has 1 saturated carbocycles. The molecule has 7 nitrogen and oxygen atoms in total. The largest absolute Gasteiger partial charge is 0.405 e. The van der Waals surface area contributed by atoms with E-state index in [2.05, 4.69) is 20.5 Å². The minimum absolute atomic E-state index is 0.0354. The molecule has 0 aromatic carbocycles. The van der Waals surface area contributed by atoms with Gasteiger partial charge in [0.15, 0.2) is 0 Å². The zero-order valence-corrected chi connectivity index (χ0v) is 14.2. The highest BCUT2D eigenvalue weighted by Gasteiger charge is 2.28. The highest BCUT2D eigenvalue weighted by Crippen LogP contribution is 2.29. The lowest BCUT2D eigenvalue weighted by Gasteiger charge is -2.06. The molecule has 4 rings (SSSR count). The number of carbonyl (C=O) groups excluding carboxylic acids is 1. The molecule has 0 atom stereocenters. The van der Waals surface area contributed by atoms with Crippen LogP contribution < -0.4 is 10.6 Å². The molecular weight excluding hydrogens is 361 g/mol. The van der Waals surface area contributed by atoms with E-state index in [0.29, 0.717) is 11.3 Å². The summed E-state index contributed by atoms with van der Waals surface area (Å²) in [5.74, 6) is 0.658. The summed E-state index contributed by atoms with van der Waals surface area (Å²) in [5, 5.41) is 11.6. The lowest BCUT2D eigenvalue weighted by molar-refractivity contribution is -0.123. The number of H-pyrrole nitrogens is 1. The van der Waals surface area contributed by atoms with E-state index in [0.717, 1.165) is 23.9 Å². The minimum atomic E-state index is -4.46. The smallest absolute Gasteiger partial charge is 0.368 e. The summed E-state index contributed by atoms with van der Waals surface area (Å²) in [4.78, 5) is 16.3. The third-order valence-electron chi connectivity index (χ3n) is 4.29. The number of rotatable bonds is 6. The van der Waals surface area contributed by atoms with Gasteiger partial charge in [-0.3, -0.25) is 9.89 Å². The number of nitrogens with one attached hydrogen (secondary N) is 3. The summed E-state index contributed by atoms with van der Waals surface area (Å²) < 4.78 is 38.4. The van der Waals surface area contributed by atoms with E-state index < -0.39 is 18.6 Å². The highest BCUT2D eigenvalue weighted by atomic mass is 19.4. The average molecular weight is 378 g/mol. The molecule has 0 saturated heterocycles. The lowest BCUT2D eigenvalue weighted by Crippen LogP contribution is -2.33. The Hall–Kier alpha value is -3.04. The number of aromatic nitrogens is 4. The van der Waals surface area contributed by atoms with Gasteiger partial charge in [0.2, 0.25) is 0 Å². The number of alkyl halides is 3. The number of hydrogen-bond donors (Lipinski definition) is 3. The van der Waals surface area contributed by atoms with Crippen LogP contribution in [0.4, 0.5) is 19.0 Å². The number of hydrogen-bond acceptors (Lipinski definition) is 4. The van der Waals surface area contributed by atoms with E-state index in [1.54, 1.807) is 17.6 Å². The first-order valence-corrected chi connectivity index (χ1v) is 8.51. The molecule has 0 spiro atoms. The number of pyridine rings is 1. The maximum Gasteiger partial charge on any atom is 0.405 e. The van der Waals surface area contributed by atoms with Crippen molar-refractivity contribution >= 4 is 17.4 Å². The number of carbonyl (C=O) groups is 1. The maximum atomic E-state index is 12.2. The van der Waals surface area contributed by atoms with Crippen LogP contribution in [0.25, 0.3) is 16.9 Å². The Bertz CT molecular complexity index is 973. The van der Waals surface area contributed by atoms with Gasteiger partial charge in [0, 0.05) is 18.3 Å². The molecule has 3 N–H and O–H groups in total. The van der Waals surface area contributed by atoms with Gasteiger partial charge in [-0.05, 0) is 37.0 Å². The van der Waals surface area contributed by atoms with Crippen molar-refractivity contribution in [3.8, 4) is 11.3 Å². The van der Waals surface area contributed by atoms with Crippen molar-refractivity contribution in [2.45, 2.75) is 19.0 Å². The number of fused-ring (bicyclic) bond motifs is 1. The number of aromatic amines is 1. The van der Waals surface area contributed by atoms with Gasteiger partial charge in [-0.25, -0.2) is 4.98 Å². The van der Waals surface area contributed by atoms with E-state index in [9.17, 15) is 18.0 Å². The average Bonchev–Trinajstić information content (AvgIpc) is 3.16. The van der Waals surface area contributed by atoms with Crippen molar-refractivity contribution in [2.24, 2.45) is 5.92 Å². The second-order valence-corrected chi connectivity index (χ2v) is 6.60. The van der Waals surface area contributed by atoms with Gasteiger partial charge in [0.1, 0.15) is 23.7 Å². The molecule has 1 aliphatic carbocycles. The number of imidazole rings is 1. The van der Waals surface area contributed by atoms with E-state index in [1.165, 1.54) is 18.9 Å². The zero-order chi connectivity index (χ0) is 19.0. The van der Waals surface area contributed by atoms with Gasteiger partial charge in [-0.15, -0.1) is 0 Å². The Morgan fingerprint density at radius 3 is 2.85 bits per heavy atom. The van der Waals surface area contributed by atoms with Crippen molar-refractivity contribution < 1.29 is 18.0 Å². The summed E-state index contributed by atoms with van der Waals surface area (Å²) in [7, 11) is 0. The van der Waals surface area contributed by atoms with Crippen LogP contribution in [0.3, 0.4) is 0 Å². The second-order valence-electron chi connectivity index (χ2n) is 6.60. The predicted molar refractivity (Wildman–Crippen MR) is 92.4 cm³/mol. The molecule has 0 bridgehead atoms. The number of amides is 1. The van der Waals surface area contributed by atoms with Crippen LogP contribution in [-0.2, 0) is 0 Å². The molecule has 1 amide bonds. The molecule has 0 aliphatic heterocycles. The van der Waals surface area contributed by atoms with E-state index in [1.807, 2.05) is 16.7 Å². The van der Waals surface area contributed by atoms with Crippen LogP contribution in [-0.4, -0.2) is 44.8 Å². The maximum absolute atomic E-state index is 12.2. The summed E-state index contributed by atoms with van der Waals surface area (Å²) in [5.41, 5.74) is 1.89. The molecule has 3 aromatic rings. The first-order chi connectivity index (χ1) is 12.9. The van der Waals surface area contributed by atoms with Gasteiger partial charge in [-0.2, -0.15) is 18.3 Å². The Kier molecular flexibility index (Phi) is 4.25. The summed E-state index contributed by atoms with van der Waals surface area (Å²) in [6.45, 7) is -0.482. The van der Waals surface area contributed by atoms with Crippen LogP contribution in [0, 0.1) is 5.92 Å². The van der Waals surface area contributed by atoms with Crippen molar-refractivity contribution in [3.05, 3.63) is 36.3 Å². The first kappa shape index (κ1) is 17.4. The van der Waals surface area contributed by atoms with Crippen molar-refractivity contribution in [1.82, 2.24) is 24.9 Å². The Morgan fingerprint density at radius 1 is 1.30 bits per heavy atom. The fourth-order valence-corrected chi connectivity index (χ4v) is 2.66. The molecule has 3 aromatic heterocycles. The fourth-order valence-electron chi connectivity index (χ4n) is 2.66. The lowest BCUT2D eigenvalue weighted by atomic mass is 10.2. The van der Waals surface area contributed by atoms with Crippen LogP contribution in [0.2, 0.25) is 0 Å². The normalized spacial score (nSPS) is 14.5. The first-order valence-electron chi connectivity index (χ1n) is 8.51. The van der Waals surface area contributed by atoms with Gasteiger partial charge < -0.3 is 15.0 Å². The van der Waals surface area contributed by atoms with Crippen molar-refractivity contribution in [3.63, 3.8) is 0 Å². The quantitative estimate of drug-likeness (QED) is 0.616. The third kappa shape index (κ3) is 4.21. The van der Waals surface area contributed by atoms with Crippen molar-refractivity contribution in [2.75, 3.05) is 18.4 Å². The summed E-state index contributed by atoms with van der Waals surface area (Å²) in [6, 6.07) is 5.02. The topological polar surface area (TPSA) is 87.1 Å². The van der Waals surface area contributed by atoms with Crippen LogP contribution in [0.15, 0.2) is 30.6 Å². The van der Waals surface area contributed by atoms with Gasteiger partial charge in [0.25, 0.3) is 5.91 Å². The zero-order valence-electron chi connectivity index (χ0n) is 14.2. The molecular formula is C17H17F3N6O. The van der Waals surface area contributed by atoms with Crippen LogP contribution in [0.1, 0.15) is 23.3 Å². The molecule has 1 fully saturated rings. The second kappa shape index (κ2) is 6.60. The van der Waals surface area contributed by atoms with Gasteiger partial charge >= 0.3 is 6.18 Å². The van der Waals surface area contributed by atoms with Crippen molar-refractivity contribution in [1.29, 1.82) is 0 Å². The SMILES string of the molecule is O=C(NCC(F)(F)F)c1cc(-c2ccc3nc(NCC4CC4)cn3c2)n[nH]1. The molecule has 1 aliphatic rings. The molecule has 0 unspecified atom stereocenters. The monoisotopic (exact) mass is 378 g/mol. The van der Waals surface area contributed by atoms with E-state index in [4.69, 9.17) is 0 Å². The Morgan fingerprint density at radius 2 is 2.11 bits per heavy atom. The molecule has 10 heteroatoms. The van der Waals surface area contributed by atoms with E-state index >= 15 is 0 Å². The minimum Gasteiger partial charge on any atom is -0.368 e. The molecule has 3 heterocycles. The number of anilines is 1. The Labute approximate surface area is 152 Å².